The molecule has 3 aromatic carbocycles. The number of fused-ring (bicyclic) bond motifs is 1. The number of methoxy groups -OCH3 is 2. The van der Waals surface area contributed by atoms with E-state index in [1.807, 2.05) is 37.3 Å². The third-order valence-corrected chi connectivity index (χ3v) is 4.14. The predicted octanol–water partition coefficient (Wildman–Crippen LogP) is 4.01. The number of hydrogen-bond acceptors (Lipinski definition) is 4. The van der Waals surface area contributed by atoms with E-state index >= 15 is 0 Å². The molecule has 5 nitrogen and oxygen atoms in total. The van der Waals surface area contributed by atoms with Crippen LogP contribution in [-0.2, 0) is 0 Å². The molecule has 0 bridgehead atoms. The summed E-state index contributed by atoms with van der Waals surface area (Å²) in [7, 11) is 3.08. The number of hydrazone groups is 1. The Bertz CT molecular complexity index is 980. The van der Waals surface area contributed by atoms with Gasteiger partial charge in [0.05, 0.1) is 19.9 Å². The number of rotatable bonds is 5. The fourth-order valence-corrected chi connectivity index (χ4v) is 2.66. The normalized spacial score (nSPS) is 11.3. The molecular formula is C21H20N2O3. The minimum Gasteiger partial charge on any atom is -0.493 e. The smallest absolute Gasteiger partial charge is 0.271 e. The van der Waals surface area contributed by atoms with Gasteiger partial charge in [-0.15, -0.1) is 0 Å². The summed E-state index contributed by atoms with van der Waals surface area (Å²) in [5.41, 5.74) is 4.71. The molecule has 0 aromatic heterocycles. The van der Waals surface area contributed by atoms with Crippen molar-refractivity contribution < 1.29 is 14.3 Å². The Balaban J connectivity index is 1.78. The highest BCUT2D eigenvalue weighted by Crippen LogP contribution is 2.27. The average molecular weight is 348 g/mol. The molecule has 0 spiro atoms. The van der Waals surface area contributed by atoms with E-state index in [2.05, 4.69) is 22.7 Å². The van der Waals surface area contributed by atoms with Crippen molar-refractivity contribution in [2.45, 2.75) is 6.92 Å². The summed E-state index contributed by atoms with van der Waals surface area (Å²) in [5, 5.41) is 6.52. The monoisotopic (exact) mass is 348 g/mol. The number of ether oxygens (including phenoxy) is 2. The number of nitrogens with one attached hydrogen (secondary N) is 1. The van der Waals surface area contributed by atoms with E-state index in [9.17, 15) is 4.79 Å². The molecule has 1 amide bonds. The molecule has 5 heteroatoms. The van der Waals surface area contributed by atoms with Gasteiger partial charge in [0.2, 0.25) is 0 Å². The van der Waals surface area contributed by atoms with Crippen molar-refractivity contribution >= 4 is 22.4 Å². The predicted molar refractivity (Wildman–Crippen MR) is 103 cm³/mol. The number of carbonyl (C=O) groups excluding carboxylic acids is 1. The van der Waals surface area contributed by atoms with Crippen LogP contribution in [0, 0.1) is 0 Å². The number of hydrogen-bond donors (Lipinski definition) is 1. The van der Waals surface area contributed by atoms with Crippen LogP contribution in [0.3, 0.4) is 0 Å². The van der Waals surface area contributed by atoms with Gasteiger partial charge in [-0.3, -0.25) is 4.79 Å². The van der Waals surface area contributed by atoms with Gasteiger partial charge in [0.1, 0.15) is 0 Å². The second-order valence-electron chi connectivity index (χ2n) is 5.77. The van der Waals surface area contributed by atoms with E-state index < -0.39 is 0 Å². The molecule has 0 aliphatic heterocycles. The lowest BCUT2D eigenvalue weighted by molar-refractivity contribution is 0.0954. The molecular weight excluding hydrogens is 328 g/mol. The van der Waals surface area contributed by atoms with Gasteiger partial charge in [-0.25, -0.2) is 5.43 Å². The van der Waals surface area contributed by atoms with E-state index in [0.717, 1.165) is 16.7 Å². The summed E-state index contributed by atoms with van der Waals surface area (Å²) < 4.78 is 10.4. The van der Waals surface area contributed by atoms with Crippen LogP contribution in [0.25, 0.3) is 10.8 Å². The lowest BCUT2D eigenvalue weighted by atomic mass is 10.0. The molecule has 0 heterocycles. The van der Waals surface area contributed by atoms with Gasteiger partial charge < -0.3 is 9.47 Å². The van der Waals surface area contributed by atoms with Crippen LogP contribution in [0.5, 0.6) is 11.5 Å². The van der Waals surface area contributed by atoms with Crippen LogP contribution in [0.4, 0.5) is 0 Å². The SMILES string of the molecule is COc1ccc(C(=O)NN=C(C)c2ccc3ccccc3c2)cc1OC. The Kier molecular flexibility index (Phi) is 5.17. The minimum atomic E-state index is -0.314. The second-order valence-corrected chi connectivity index (χ2v) is 5.77. The maximum absolute atomic E-state index is 12.3. The molecule has 3 rings (SSSR count). The van der Waals surface area contributed by atoms with Crippen LogP contribution < -0.4 is 14.9 Å². The van der Waals surface area contributed by atoms with Gasteiger partial charge in [-0.2, -0.15) is 5.10 Å². The lowest BCUT2D eigenvalue weighted by Crippen LogP contribution is -2.19. The van der Waals surface area contributed by atoms with Crippen molar-refractivity contribution in [3.05, 3.63) is 71.8 Å². The minimum absolute atomic E-state index is 0.314. The summed E-state index contributed by atoms with van der Waals surface area (Å²) in [4.78, 5) is 12.3. The van der Waals surface area contributed by atoms with Gasteiger partial charge in [0.25, 0.3) is 5.91 Å². The van der Waals surface area contributed by atoms with E-state index in [1.54, 1.807) is 25.3 Å². The second kappa shape index (κ2) is 7.70. The molecule has 26 heavy (non-hydrogen) atoms. The number of carbonyl (C=O) groups is 1. The summed E-state index contributed by atoms with van der Waals surface area (Å²) in [6.07, 6.45) is 0. The summed E-state index contributed by atoms with van der Waals surface area (Å²) in [6.45, 7) is 1.86. The Morgan fingerprint density at radius 3 is 2.27 bits per heavy atom. The Labute approximate surface area is 152 Å². The third kappa shape index (κ3) is 3.67. The standard InChI is InChI=1S/C21H20N2O3/c1-14(16-9-8-15-6-4-5-7-17(15)12-16)22-23-21(24)18-10-11-19(25-2)20(13-18)26-3/h4-13H,1-3H3,(H,23,24). The van der Waals surface area contributed by atoms with Crippen LogP contribution in [0.1, 0.15) is 22.8 Å². The summed E-state index contributed by atoms with van der Waals surface area (Å²) >= 11 is 0. The highest BCUT2D eigenvalue weighted by molar-refractivity contribution is 6.03. The summed E-state index contributed by atoms with van der Waals surface area (Å²) in [6, 6.07) is 19.2. The molecule has 0 saturated heterocycles. The van der Waals surface area contributed by atoms with Crippen molar-refractivity contribution in [3.8, 4) is 11.5 Å². The first-order valence-electron chi connectivity index (χ1n) is 8.18. The fourth-order valence-electron chi connectivity index (χ4n) is 2.66. The zero-order chi connectivity index (χ0) is 18.5. The quantitative estimate of drug-likeness (QED) is 0.560. The van der Waals surface area contributed by atoms with Crippen molar-refractivity contribution in [2.24, 2.45) is 5.10 Å². The van der Waals surface area contributed by atoms with Crippen molar-refractivity contribution in [1.29, 1.82) is 0 Å². The number of amides is 1. The molecule has 132 valence electrons. The van der Waals surface area contributed by atoms with Gasteiger partial charge >= 0.3 is 0 Å². The maximum atomic E-state index is 12.3. The maximum Gasteiger partial charge on any atom is 0.271 e. The average Bonchev–Trinajstić information content (AvgIpc) is 2.70. The zero-order valence-corrected chi connectivity index (χ0v) is 14.9. The summed E-state index contributed by atoms with van der Waals surface area (Å²) in [5.74, 6) is 0.751. The molecule has 0 aliphatic carbocycles. The van der Waals surface area contributed by atoms with Gasteiger partial charge in [0.15, 0.2) is 11.5 Å². The van der Waals surface area contributed by atoms with E-state index in [0.29, 0.717) is 17.1 Å². The van der Waals surface area contributed by atoms with Crippen LogP contribution in [0.15, 0.2) is 65.8 Å². The molecule has 1 N–H and O–H groups in total. The molecule has 0 fully saturated rings. The largest absolute Gasteiger partial charge is 0.493 e. The Morgan fingerprint density at radius 1 is 0.846 bits per heavy atom. The van der Waals surface area contributed by atoms with Gasteiger partial charge in [-0.1, -0.05) is 36.4 Å². The Morgan fingerprint density at radius 2 is 1.54 bits per heavy atom. The topological polar surface area (TPSA) is 59.9 Å². The first-order valence-corrected chi connectivity index (χ1v) is 8.18. The van der Waals surface area contributed by atoms with Gasteiger partial charge in [0, 0.05) is 5.56 Å². The van der Waals surface area contributed by atoms with Crippen molar-refractivity contribution in [2.75, 3.05) is 14.2 Å². The molecule has 0 aliphatic rings. The van der Waals surface area contributed by atoms with Crippen LogP contribution in [0.2, 0.25) is 0 Å². The van der Waals surface area contributed by atoms with Crippen LogP contribution >= 0.6 is 0 Å². The molecule has 3 aromatic rings. The molecule has 0 saturated carbocycles. The molecule has 0 radical (unpaired) electrons. The highest BCUT2D eigenvalue weighted by Gasteiger charge is 2.10. The Hall–Kier alpha value is -3.34. The van der Waals surface area contributed by atoms with E-state index in [4.69, 9.17) is 9.47 Å². The van der Waals surface area contributed by atoms with Gasteiger partial charge in [-0.05, 0) is 47.5 Å². The molecule has 0 unspecified atom stereocenters. The highest BCUT2D eigenvalue weighted by atomic mass is 16.5. The number of benzene rings is 3. The first-order chi connectivity index (χ1) is 12.6. The van der Waals surface area contributed by atoms with Crippen LogP contribution in [-0.4, -0.2) is 25.8 Å². The van der Waals surface area contributed by atoms with Crippen molar-refractivity contribution in [1.82, 2.24) is 5.43 Å². The zero-order valence-electron chi connectivity index (χ0n) is 14.9. The molecule has 0 atom stereocenters. The van der Waals surface area contributed by atoms with Crippen molar-refractivity contribution in [3.63, 3.8) is 0 Å². The fraction of sp³-hybridized carbons (Fsp3) is 0.143. The van der Waals surface area contributed by atoms with E-state index in [1.165, 1.54) is 12.5 Å². The van der Waals surface area contributed by atoms with E-state index in [-0.39, 0.29) is 5.91 Å². The lowest BCUT2D eigenvalue weighted by Gasteiger charge is -2.09. The third-order valence-electron chi connectivity index (χ3n) is 4.14. The first kappa shape index (κ1) is 17.5. The number of nitrogens with zero attached hydrogens (tertiary/aromatic N) is 1.